The zero-order valence-electron chi connectivity index (χ0n) is 11.3. The standard InChI is InChI=1S/C15H19F2NO2/c16-15(17)8-6-13(7-9-15)18-14(19)11-20-10-12-4-2-1-3-5-12/h1-5,13H,6-11H2,(H,18,19). The van der Waals surface area contributed by atoms with Crippen molar-refractivity contribution in [3.8, 4) is 0 Å². The Bertz CT molecular complexity index is 427. The molecule has 1 fully saturated rings. The van der Waals surface area contributed by atoms with Gasteiger partial charge in [-0.3, -0.25) is 4.79 Å². The van der Waals surface area contributed by atoms with Gasteiger partial charge in [-0.2, -0.15) is 0 Å². The summed E-state index contributed by atoms with van der Waals surface area (Å²) in [5, 5.41) is 2.75. The monoisotopic (exact) mass is 283 g/mol. The Kier molecular flexibility index (Phi) is 5.06. The quantitative estimate of drug-likeness (QED) is 0.902. The summed E-state index contributed by atoms with van der Waals surface area (Å²) in [6, 6.07) is 9.40. The van der Waals surface area contributed by atoms with Crippen LogP contribution in [0.3, 0.4) is 0 Å². The van der Waals surface area contributed by atoms with Gasteiger partial charge in [-0.15, -0.1) is 0 Å². The van der Waals surface area contributed by atoms with Gasteiger partial charge in [-0.05, 0) is 18.4 Å². The Balaban J connectivity index is 1.64. The van der Waals surface area contributed by atoms with Gasteiger partial charge in [0.25, 0.3) is 0 Å². The van der Waals surface area contributed by atoms with Crippen molar-refractivity contribution < 1.29 is 18.3 Å². The number of carbonyl (C=O) groups excluding carboxylic acids is 1. The zero-order valence-corrected chi connectivity index (χ0v) is 11.3. The molecular formula is C15H19F2NO2. The third-order valence-electron chi connectivity index (χ3n) is 3.43. The van der Waals surface area contributed by atoms with E-state index in [1.807, 2.05) is 30.3 Å². The molecule has 2 rings (SSSR count). The van der Waals surface area contributed by atoms with Crippen LogP contribution in [0.25, 0.3) is 0 Å². The maximum atomic E-state index is 13.0. The Hall–Kier alpha value is -1.49. The second-order valence-electron chi connectivity index (χ2n) is 5.18. The molecule has 0 spiro atoms. The molecule has 20 heavy (non-hydrogen) atoms. The van der Waals surface area contributed by atoms with Crippen molar-refractivity contribution in [2.75, 3.05) is 6.61 Å². The number of benzene rings is 1. The third kappa shape index (κ3) is 4.89. The van der Waals surface area contributed by atoms with E-state index in [4.69, 9.17) is 4.74 Å². The van der Waals surface area contributed by atoms with E-state index in [0.29, 0.717) is 19.4 Å². The molecule has 3 nitrogen and oxygen atoms in total. The molecule has 0 bridgehead atoms. The van der Waals surface area contributed by atoms with Crippen LogP contribution in [0, 0.1) is 0 Å². The van der Waals surface area contributed by atoms with E-state index in [9.17, 15) is 13.6 Å². The maximum absolute atomic E-state index is 13.0. The van der Waals surface area contributed by atoms with Crippen LogP contribution in [-0.2, 0) is 16.1 Å². The highest BCUT2D eigenvalue weighted by Gasteiger charge is 2.35. The molecule has 0 saturated heterocycles. The number of rotatable bonds is 5. The van der Waals surface area contributed by atoms with E-state index in [1.165, 1.54) is 0 Å². The minimum atomic E-state index is -2.56. The van der Waals surface area contributed by atoms with Gasteiger partial charge < -0.3 is 10.1 Å². The lowest BCUT2D eigenvalue weighted by Crippen LogP contribution is -2.41. The summed E-state index contributed by atoms with van der Waals surface area (Å²) in [4.78, 5) is 11.6. The Morgan fingerprint density at radius 1 is 1.25 bits per heavy atom. The smallest absolute Gasteiger partial charge is 0.248 e. The average Bonchev–Trinajstić information content (AvgIpc) is 2.42. The first-order valence-corrected chi connectivity index (χ1v) is 6.84. The van der Waals surface area contributed by atoms with E-state index in [2.05, 4.69) is 5.32 Å². The summed E-state index contributed by atoms with van der Waals surface area (Å²) >= 11 is 0. The third-order valence-corrected chi connectivity index (χ3v) is 3.43. The molecule has 0 radical (unpaired) electrons. The molecule has 0 aliphatic heterocycles. The summed E-state index contributed by atoms with van der Waals surface area (Å²) in [6.45, 7) is 0.332. The fourth-order valence-corrected chi connectivity index (χ4v) is 2.29. The van der Waals surface area contributed by atoms with Gasteiger partial charge in [0.15, 0.2) is 0 Å². The normalized spacial score (nSPS) is 18.7. The van der Waals surface area contributed by atoms with Crippen molar-refractivity contribution in [2.24, 2.45) is 0 Å². The van der Waals surface area contributed by atoms with E-state index in [1.54, 1.807) is 0 Å². The van der Waals surface area contributed by atoms with Crippen LogP contribution in [0.15, 0.2) is 30.3 Å². The number of halogens is 2. The van der Waals surface area contributed by atoms with E-state index < -0.39 is 5.92 Å². The molecule has 1 amide bonds. The predicted octanol–water partition coefficient (Wildman–Crippen LogP) is 2.90. The van der Waals surface area contributed by atoms with Crippen molar-refractivity contribution in [3.05, 3.63) is 35.9 Å². The summed E-state index contributed by atoms with van der Waals surface area (Å²) in [7, 11) is 0. The molecule has 1 aliphatic carbocycles. The molecule has 1 saturated carbocycles. The van der Waals surface area contributed by atoms with Crippen LogP contribution >= 0.6 is 0 Å². The zero-order chi connectivity index (χ0) is 14.4. The first kappa shape index (κ1) is 14.9. The molecule has 1 aromatic rings. The van der Waals surface area contributed by atoms with Crippen molar-refractivity contribution in [2.45, 2.75) is 44.3 Å². The van der Waals surface area contributed by atoms with Gasteiger partial charge >= 0.3 is 0 Å². The van der Waals surface area contributed by atoms with Crippen molar-refractivity contribution in [1.29, 1.82) is 0 Å². The molecule has 1 aromatic carbocycles. The Morgan fingerprint density at radius 3 is 2.55 bits per heavy atom. The molecule has 1 N–H and O–H groups in total. The summed E-state index contributed by atoms with van der Waals surface area (Å²) in [6.07, 6.45) is 0.362. The molecule has 0 heterocycles. The van der Waals surface area contributed by atoms with Gasteiger partial charge in [0.1, 0.15) is 6.61 Å². The highest BCUT2D eigenvalue weighted by Crippen LogP contribution is 2.32. The highest BCUT2D eigenvalue weighted by molar-refractivity contribution is 5.77. The minimum absolute atomic E-state index is 0.0399. The van der Waals surface area contributed by atoms with Crippen molar-refractivity contribution in [1.82, 2.24) is 5.32 Å². The van der Waals surface area contributed by atoms with Gasteiger partial charge in [0.2, 0.25) is 11.8 Å². The lowest BCUT2D eigenvalue weighted by atomic mass is 9.92. The van der Waals surface area contributed by atoms with Crippen LogP contribution in [-0.4, -0.2) is 24.5 Å². The maximum Gasteiger partial charge on any atom is 0.248 e. The van der Waals surface area contributed by atoms with E-state index >= 15 is 0 Å². The molecule has 1 aliphatic rings. The summed E-state index contributed by atoms with van der Waals surface area (Å²) in [5.74, 6) is -2.80. The molecule has 0 atom stereocenters. The number of hydrogen-bond donors (Lipinski definition) is 1. The number of amides is 1. The fraction of sp³-hybridized carbons (Fsp3) is 0.533. The Morgan fingerprint density at radius 2 is 1.90 bits per heavy atom. The molecular weight excluding hydrogens is 264 g/mol. The van der Waals surface area contributed by atoms with Gasteiger partial charge in [0, 0.05) is 18.9 Å². The van der Waals surface area contributed by atoms with E-state index in [-0.39, 0.29) is 31.4 Å². The molecule has 5 heteroatoms. The number of nitrogens with one attached hydrogen (secondary N) is 1. The largest absolute Gasteiger partial charge is 0.367 e. The van der Waals surface area contributed by atoms with Crippen molar-refractivity contribution in [3.63, 3.8) is 0 Å². The van der Waals surface area contributed by atoms with Gasteiger partial charge in [-0.1, -0.05) is 30.3 Å². The fourth-order valence-electron chi connectivity index (χ4n) is 2.29. The predicted molar refractivity (Wildman–Crippen MR) is 71.4 cm³/mol. The molecule has 110 valence electrons. The first-order valence-electron chi connectivity index (χ1n) is 6.84. The lowest BCUT2D eigenvalue weighted by molar-refractivity contribution is -0.127. The van der Waals surface area contributed by atoms with Crippen LogP contribution in [0.1, 0.15) is 31.2 Å². The minimum Gasteiger partial charge on any atom is -0.367 e. The van der Waals surface area contributed by atoms with Crippen LogP contribution in [0.5, 0.6) is 0 Å². The second kappa shape index (κ2) is 6.79. The van der Waals surface area contributed by atoms with Crippen LogP contribution in [0.4, 0.5) is 8.78 Å². The average molecular weight is 283 g/mol. The summed E-state index contributed by atoms with van der Waals surface area (Å²) in [5.41, 5.74) is 0.998. The highest BCUT2D eigenvalue weighted by atomic mass is 19.3. The second-order valence-corrected chi connectivity index (χ2v) is 5.18. The SMILES string of the molecule is O=C(COCc1ccccc1)NC1CCC(F)(F)CC1. The summed E-state index contributed by atoms with van der Waals surface area (Å²) < 4.78 is 31.2. The van der Waals surface area contributed by atoms with Crippen LogP contribution < -0.4 is 5.32 Å². The van der Waals surface area contributed by atoms with Crippen LogP contribution in [0.2, 0.25) is 0 Å². The van der Waals surface area contributed by atoms with Gasteiger partial charge in [-0.25, -0.2) is 8.78 Å². The van der Waals surface area contributed by atoms with Crippen molar-refractivity contribution >= 4 is 5.91 Å². The molecule has 0 unspecified atom stereocenters. The van der Waals surface area contributed by atoms with Gasteiger partial charge in [0.05, 0.1) is 6.61 Å². The number of carbonyl (C=O) groups is 1. The topological polar surface area (TPSA) is 38.3 Å². The Labute approximate surface area is 117 Å². The first-order chi connectivity index (χ1) is 9.55. The number of hydrogen-bond acceptors (Lipinski definition) is 2. The number of alkyl halides is 2. The molecule has 0 aromatic heterocycles. The number of ether oxygens (including phenoxy) is 1. The lowest BCUT2D eigenvalue weighted by Gasteiger charge is -2.28. The van der Waals surface area contributed by atoms with E-state index in [0.717, 1.165) is 5.56 Å².